The molecule has 2 heteroatoms. The Hall–Kier alpha value is -5.60. The second-order valence-electron chi connectivity index (χ2n) is 13.3. The van der Waals surface area contributed by atoms with Crippen LogP contribution >= 0.6 is 0 Å². The Morgan fingerprint density at radius 1 is 0.553 bits per heavy atom. The molecule has 0 amide bonds. The second kappa shape index (κ2) is 10.7. The molecule has 2 atom stereocenters. The molecule has 1 aliphatic heterocycles. The molecular weight excluding hydrogens is 571 g/mol. The summed E-state index contributed by atoms with van der Waals surface area (Å²) in [7, 11) is 0. The minimum absolute atomic E-state index is 0.0694. The normalized spacial score (nSPS) is 18.0. The molecule has 3 aliphatic rings. The fourth-order valence-electron chi connectivity index (χ4n) is 7.76. The van der Waals surface area contributed by atoms with Gasteiger partial charge in [0.2, 0.25) is 0 Å². The molecule has 2 aliphatic carbocycles. The molecule has 0 saturated carbocycles. The van der Waals surface area contributed by atoms with Crippen molar-refractivity contribution in [3.05, 3.63) is 186 Å². The fourth-order valence-corrected chi connectivity index (χ4v) is 7.76. The van der Waals surface area contributed by atoms with Gasteiger partial charge in [-0.1, -0.05) is 129 Å². The molecule has 0 aromatic heterocycles. The molecule has 2 nitrogen and oxygen atoms in total. The maximum absolute atomic E-state index is 6.21. The molecule has 0 radical (unpaired) electrons. The Labute approximate surface area is 276 Å². The number of allylic oxidation sites excluding steroid dienone is 2. The lowest BCUT2D eigenvalue weighted by Crippen LogP contribution is -2.17. The van der Waals surface area contributed by atoms with Crippen LogP contribution in [0.5, 0.6) is 5.75 Å². The zero-order valence-corrected chi connectivity index (χ0v) is 26.6. The number of fused-ring (bicyclic) bond motifs is 6. The van der Waals surface area contributed by atoms with Crippen LogP contribution in [-0.2, 0) is 5.41 Å². The molecule has 9 rings (SSSR count). The van der Waals surface area contributed by atoms with Gasteiger partial charge in [0, 0.05) is 34.0 Å². The van der Waals surface area contributed by atoms with Crippen LogP contribution < -0.4 is 9.64 Å². The van der Waals surface area contributed by atoms with Crippen molar-refractivity contribution in [2.45, 2.75) is 31.3 Å². The minimum atomic E-state index is -0.0746. The van der Waals surface area contributed by atoms with Crippen LogP contribution in [0.2, 0.25) is 0 Å². The smallest absolute Gasteiger partial charge is 0.128 e. The SMILES string of the molecule is CC1(C)c2ccccc2-c2ccc(N(c3ccc(C4=CC5c6ccccc6OC5C=C4)cc3)c3ccc(-c4ccccc4)cc3)cc21. The Bertz CT molecular complexity index is 2190. The first-order valence-corrected chi connectivity index (χ1v) is 16.5. The van der Waals surface area contributed by atoms with Crippen molar-refractivity contribution in [3.63, 3.8) is 0 Å². The van der Waals surface area contributed by atoms with Gasteiger partial charge >= 0.3 is 0 Å². The molecule has 0 N–H and O–H groups in total. The number of para-hydroxylation sites is 1. The summed E-state index contributed by atoms with van der Waals surface area (Å²) in [5, 5.41) is 0. The van der Waals surface area contributed by atoms with Gasteiger partial charge in [-0.3, -0.25) is 0 Å². The molecule has 0 saturated heterocycles. The zero-order valence-electron chi connectivity index (χ0n) is 26.6. The summed E-state index contributed by atoms with van der Waals surface area (Å²) >= 11 is 0. The quantitative estimate of drug-likeness (QED) is 0.194. The lowest BCUT2D eigenvalue weighted by Gasteiger charge is -2.28. The van der Waals surface area contributed by atoms with Gasteiger partial charge in [0.05, 0.1) is 0 Å². The van der Waals surface area contributed by atoms with E-state index in [0.717, 1.165) is 22.8 Å². The van der Waals surface area contributed by atoms with E-state index in [1.807, 2.05) is 6.07 Å². The van der Waals surface area contributed by atoms with Crippen LogP contribution in [0.1, 0.15) is 42.0 Å². The third-order valence-electron chi connectivity index (χ3n) is 10.2. The predicted octanol–water partition coefficient (Wildman–Crippen LogP) is 11.6. The van der Waals surface area contributed by atoms with E-state index in [2.05, 4.69) is 177 Å². The summed E-state index contributed by atoms with van der Waals surface area (Å²) in [5.74, 6) is 1.24. The summed E-state index contributed by atoms with van der Waals surface area (Å²) in [5.41, 5.74) is 14.9. The number of hydrogen-bond donors (Lipinski definition) is 0. The highest BCUT2D eigenvalue weighted by Crippen LogP contribution is 2.51. The van der Waals surface area contributed by atoms with Crippen LogP contribution in [0.4, 0.5) is 17.1 Å². The molecule has 0 spiro atoms. The molecule has 2 unspecified atom stereocenters. The molecule has 6 aromatic carbocycles. The number of rotatable bonds is 5. The topological polar surface area (TPSA) is 12.5 Å². The number of ether oxygens (including phenoxy) is 1. The lowest BCUT2D eigenvalue weighted by molar-refractivity contribution is 0.269. The van der Waals surface area contributed by atoms with E-state index in [1.165, 1.54) is 50.1 Å². The maximum atomic E-state index is 6.21. The third kappa shape index (κ3) is 4.55. The van der Waals surface area contributed by atoms with Crippen molar-refractivity contribution < 1.29 is 4.74 Å². The van der Waals surface area contributed by atoms with Gasteiger partial charge in [0.25, 0.3) is 0 Å². The van der Waals surface area contributed by atoms with E-state index in [1.54, 1.807) is 0 Å². The highest BCUT2D eigenvalue weighted by atomic mass is 16.5. The van der Waals surface area contributed by atoms with Gasteiger partial charge < -0.3 is 9.64 Å². The second-order valence-corrected chi connectivity index (χ2v) is 13.3. The van der Waals surface area contributed by atoms with Crippen molar-refractivity contribution in [3.8, 4) is 28.0 Å². The van der Waals surface area contributed by atoms with Crippen molar-refractivity contribution in [2.75, 3.05) is 4.90 Å². The van der Waals surface area contributed by atoms with Gasteiger partial charge in [-0.25, -0.2) is 0 Å². The number of hydrogen-bond acceptors (Lipinski definition) is 2. The van der Waals surface area contributed by atoms with E-state index in [-0.39, 0.29) is 17.4 Å². The van der Waals surface area contributed by atoms with Crippen LogP contribution in [-0.4, -0.2) is 6.10 Å². The molecule has 0 bridgehead atoms. The Balaban J connectivity index is 1.11. The molecule has 6 aromatic rings. The monoisotopic (exact) mass is 605 g/mol. The standard InChI is InChI=1S/C45H35NO/c1-45(2)41-14-8-6-12-37(41)38-26-25-36(29-42(38)45)46(34-21-16-31(17-22-34)30-10-4-3-5-11-30)35-23-18-32(19-24-35)33-20-27-44-40(28-33)39-13-7-9-15-43(39)47-44/h3-29,40,44H,1-2H3. The first-order chi connectivity index (χ1) is 23.0. The number of anilines is 3. The number of nitrogens with zero attached hydrogens (tertiary/aromatic N) is 1. The summed E-state index contributed by atoms with van der Waals surface area (Å²) in [6, 6.07) is 52.8. The van der Waals surface area contributed by atoms with E-state index in [4.69, 9.17) is 4.74 Å². The fraction of sp³-hybridized carbons (Fsp3) is 0.111. The Kier molecular flexibility index (Phi) is 6.33. The van der Waals surface area contributed by atoms with Crippen molar-refractivity contribution >= 4 is 22.6 Å². The van der Waals surface area contributed by atoms with Crippen LogP contribution in [0, 0.1) is 0 Å². The van der Waals surface area contributed by atoms with Gasteiger partial charge in [-0.15, -0.1) is 0 Å². The highest BCUT2D eigenvalue weighted by Gasteiger charge is 2.36. The molecule has 226 valence electrons. The Morgan fingerprint density at radius 2 is 1.17 bits per heavy atom. The zero-order chi connectivity index (χ0) is 31.5. The average molecular weight is 606 g/mol. The van der Waals surface area contributed by atoms with Crippen LogP contribution in [0.25, 0.3) is 27.8 Å². The average Bonchev–Trinajstić information content (AvgIpc) is 3.61. The van der Waals surface area contributed by atoms with Gasteiger partial charge in [0.1, 0.15) is 11.9 Å². The predicted molar refractivity (Wildman–Crippen MR) is 195 cm³/mol. The van der Waals surface area contributed by atoms with Gasteiger partial charge in [-0.05, 0) is 93.1 Å². The summed E-state index contributed by atoms with van der Waals surface area (Å²) in [6.45, 7) is 4.69. The first kappa shape index (κ1) is 27.7. The third-order valence-corrected chi connectivity index (χ3v) is 10.2. The van der Waals surface area contributed by atoms with E-state index < -0.39 is 0 Å². The first-order valence-electron chi connectivity index (χ1n) is 16.5. The van der Waals surface area contributed by atoms with E-state index >= 15 is 0 Å². The van der Waals surface area contributed by atoms with E-state index in [0.29, 0.717) is 0 Å². The van der Waals surface area contributed by atoms with Gasteiger partial charge in [-0.2, -0.15) is 0 Å². The van der Waals surface area contributed by atoms with Gasteiger partial charge in [0.15, 0.2) is 0 Å². The van der Waals surface area contributed by atoms with Crippen molar-refractivity contribution in [2.24, 2.45) is 0 Å². The summed E-state index contributed by atoms with van der Waals surface area (Å²) in [6.07, 6.45) is 6.85. The maximum Gasteiger partial charge on any atom is 0.128 e. The molecule has 1 heterocycles. The van der Waals surface area contributed by atoms with Crippen molar-refractivity contribution in [1.29, 1.82) is 0 Å². The largest absolute Gasteiger partial charge is 0.485 e. The molecular formula is C45H35NO. The number of benzene rings is 6. The lowest BCUT2D eigenvalue weighted by atomic mass is 9.82. The van der Waals surface area contributed by atoms with E-state index in [9.17, 15) is 0 Å². The van der Waals surface area contributed by atoms with Crippen LogP contribution in [0.15, 0.2) is 164 Å². The highest BCUT2D eigenvalue weighted by molar-refractivity contribution is 5.86. The van der Waals surface area contributed by atoms with Crippen LogP contribution in [0.3, 0.4) is 0 Å². The minimum Gasteiger partial charge on any atom is -0.485 e. The Morgan fingerprint density at radius 3 is 1.96 bits per heavy atom. The van der Waals surface area contributed by atoms with Crippen molar-refractivity contribution in [1.82, 2.24) is 0 Å². The summed E-state index contributed by atoms with van der Waals surface area (Å²) in [4.78, 5) is 2.39. The molecule has 47 heavy (non-hydrogen) atoms. The summed E-state index contributed by atoms with van der Waals surface area (Å²) < 4.78 is 6.21. The molecule has 0 fully saturated rings.